The van der Waals surface area contributed by atoms with E-state index in [0.717, 1.165) is 25.0 Å². The van der Waals surface area contributed by atoms with Crippen LogP contribution in [0.4, 0.5) is 0 Å². The summed E-state index contributed by atoms with van der Waals surface area (Å²) in [5.74, 6) is 0.274. The van der Waals surface area contributed by atoms with Gasteiger partial charge in [-0.05, 0) is 49.3 Å². The van der Waals surface area contributed by atoms with Crippen LogP contribution >= 0.6 is 0 Å². The van der Waals surface area contributed by atoms with E-state index in [9.17, 15) is 9.59 Å². The summed E-state index contributed by atoms with van der Waals surface area (Å²) in [7, 11) is 1.35. The molecule has 1 aliphatic carbocycles. The smallest absolute Gasteiger partial charge is 0.347 e. The van der Waals surface area contributed by atoms with Gasteiger partial charge in [0.05, 0.1) is 19.3 Å². The Bertz CT molecular complexity index is 852. The minimum Gasteiger partial charge on any atom is -0.467 e. The van der Waals surface area contributed by atoms with Crippen molar-refractivity contribution in [2.75, 3.05) is 7.11 Å². The molecule has 0 N–H and O–H groups in total. The van der Waals surface area contributed by atoms with Crippen LogP contribution in [0.25, 0.3) is 0 Å². The third kappa shape index (κ3) is 2.44. The number of carbonyl (C=O) groups excluding carboxylic acids is 1. The van der Waals surface area contributed by atoms with Crippen molar-refractivity contribution in [1.29, 1.82) is 0 Å². The largest absolute Gasteiger partial charge is 0.467 e. The molecule has 2 aromatic rings. The summed E-state index contributed by atoms with van der Waals surface area (Å²) in [5, 5.41) is 4.43. The van der Waals surface area contributed by atoms with Crippen LogP contribution in [-0.4, -0.2) is 32.4 Å². The third-order valence-electron chi connectivity index (χ3n) is 4.95. The first-order valence-electron chi connectivity index (χ1n) is 8.40. The first kappa shape index (κ1) is 15.1. The second-order valence-electron chi connectivity index (χ2n) is 6.46. The van der Waals surface area contributed by atoms with Crippen molar-refractivity contribution in [3.8, 4) is 0 Å². The Morgan fingerprint density at radius 2 is 2.12 bits per heavy atom. The van der Waals surface area contributed by atoms with Crippen molar-refractivity contribution < 1.29 is 9.53 Å². The van der Waals surface area contributed by atoms with Crippen LogP contribution in [-0.2, 0) is 35.3 Å². The molecular weight excluding hydrogens is 308 g/mol. The first-order valence-corrected chi connectivity index (χ1v) is 8.40. The highest BCUT2D eigenvalue weighted by Gasteiger charge is 2.31. The van der Waals surface area contributed by atoms with Crippen LogP contribution < -0.4 is 5.69 Å². The van der Waals surface area contributed by atoms with Gasteiger partial charge in [0.2, 0.25) is 0 Å². The molecule has 0 unspecified atom stereocenters. The Labute approximate surface area is 139 Å². The molecule has 0 radical (unpaired) electrons. The molecule has 3 heterocycles. The van der Waals surface area contributed by atoms with Crippen molar-refractivity contribution in [2.45, 2.75) is 51.1 Å². The zero-order valence-electron chi connectivity index (χ0n) is 13.7. The summed E-state index contributed by atoms with van der Waals surface area (Å²) >= 11 is 0. The number of ether oxygens (including phenoxy) is 1. The summed E-state index contributed by atoms with van der Waals surface area (Å²) in [6.45, 7) is 0.333. The zero-order chi connectivity index (χ0) is 16.7. The van der Waals surface area contributed by atoms with Crippen LogP contribution in [0.5, 0.6) is 0 Å². The summed E-state index contributed by atoms with van der Waals surface area (Å²) < 4.78 is 7.74. The van der Waals surface area contributed by atoms with E-state index in [-0.39, 0.29) is 11.7 Å². The number of aryl methyl sites for hydroxylation is 3. The minimum absolute atomic E-state index is 0.262. The second-order valence-corrected chi connectivity index (χ2v) is 6.46. The molecule has 126 valence electrons. The van der Waals surface area contributed by atoms with Crippen LogP contribution in [0.1, 0.15) is 47.9 Å². The lowest BCUT2D eigenvalue weighted by molar-refractivity contribution is -0.145. The van der Waals surface area contributed by atoms with E-state index in [0.29, 0.717) is 25.2 Å². The third-order valence-corrected chi connectivity index (χ3v) is 4.95. The number of esters is 1. The molecule has 4 rings (SSSR count). The Morgan fingerprint density at radius 3 is 2.96 bits per heavy atom. The maximum atomic E-state index is 12.7. The molecule has 0 fully saturated rings. The lowest BCUT2D eigenvalue weighted by Gasteiger charge is -2.20. The van der Waals surface area contributed by atoms with Crippen molar-refractivity contribution in [3.05, 3.63) is 45.4 Å². The van der Waals surface area contributed by atoms with Gasteiger partial charge in [-0.15, -0.1) is 0 Å². The molecule has 2 aliphatic rings. The maximum Gasteiger partial charge on any atom is 0.347 e. The Morgan fingerprint density at radius 1 is 1.29 bits per heavy atom. The van der Waals surface area contributed by atoms with E-state index in [4.69, 9.17) is 4.74 Å². The molecule has 7 nitrogen and oxygen atoms in total. The van der Waals surface area contributed by atoms with Crippen molar-refractivity contribution in [1.82, 2.24) is 19.3 Å². The number of hydrogen-bond donors (Lipinski definition) is 0. The summed E-state index contributed by atoms with van der Waals surface area (Å²) in [6, 6.07) is 1.51. The predicted molar refractivity (Wildman–Crippen MR) is 85.8 cm³/mol. The Hall–Kier alpha value is -2.44. The van der Waals surface area contributed by atoms with Gasteiger partial charge in [-0.3, -0.25) is 9.55 Å². The van der Waals surface area contributed by atoms with Crippen LogP contribution in [0.3, 0.4) is 0 Å². The van der Waals surface area contributed by atoms with Crippen LogP contribution in [0.2, 0.25) is 0 Å². The number of aromatic nitrogens is 4. The first-order chi connectivity index (χ1) is 11.7. The average molecular weight is 328 g/mol. The predicted octanol–water partition coefficient (Wildman–Crippen LogP) is 1.03. The van der Waals surface area contributed by atoms with Gasteiger partial charge >= 0.3 is 11.7 Å². The van der Waals surface area contributed by atoms with Crippen LogP contribution in [0, 0.1) is 0 Å². The minimum atomic E-state index is -0.562. The lowest BCUT2D eigenvalue weighted by Crippen LogP contribution is -2.35. The van der Waals surface area contributed by atoms with Crippen LogP contribution in [0.15, 0.2) is 17.1 Å². The fourth-order valence-electron chi connectivity index (χ4n) is 3.74. The Balaban J connectivity index is 1.67. The molecule has 0 amide bonds. The van der Waals surface area contributed by atoms with E-state index in [1.165, 1.54) is 33.9 Å². The van der Waals surface area contributed by atoms with E-state index >= 15 is 0 Å². The van der Waals surface area contributed by atoms with E-state index in [1.807, 2.05) is 6.20 Å². The van der Waals surface area contributed by atoms with Gasteiger partial charge in [0.1, 0.15) is 11.9 Å². The number of carbonyl (C=O) groups is 1. The van der Waals surface area contributed by atoms with Gasteiger partial charge in [0.25, 0.3) is 0 Å². The summed E-state index contributed by atoms with van der Waals surface area (Å²) in [6.07, 6.45) is 7.38. The van der Waals surface area contributed by atoms with Gasteiger partial charge < -0.3 is 4.74 Å². The van der Waals surface area contributed by atoms with E-state index < -0.39 is 6.04 Å². The summed E-state index contributed by atoms with van der Waals surface area (Å²) in [4.78, 5) is 29.1. The number of pyridine rings is 1. The second kappa shape index (κ2) is 5.89. The van der Waals surface area contributed by atoms with Crippen molar-refractivity contribution in [2.24, 2.45) is 0 Å². The normalized spacial score (nSPS) is 19.0. The molecule has 0 aromatic carbocycles. The average Bonchev–Trinajstić information content (AvgIpc) is 3.19. The summed E-state index contributed by atoms with van der Waals surface area (Å²) in [5.41, 5.74) is 3.20. The highest BCUT2D eigenvalue weighted by molar-refractivity contribution is 5.74. The molecule has 24 heavy (non-hydrogen) atoms. The number of fused-ring (bicyclic) bond motifs is 2. The van der Waals surface area contributed by atoms with E-state index in [1.54, 1.807) is 0 Å². The molecule has 0 spiro atoms. The molecule has 2 aromatic heterocycles. The standard InChI is InChI=1S/C17H20N4O3/c1-24-16(22)14-6-3-7-15-19-20(17(23)21(14)15)10-13-8-11-4-2-5-12(11)9-18-13/h8-9,14H,2-7,10H2,1H3/t14-/m0/s1. The zero-order valence-corrected chi connectivity index (χ0v) is 13.7. The molecule has 1 atom stereocenters. The SMILES string of the molecule is COC(=O)[C@@H]1CCCc2nn(Cc3cc4c(cn3)CCC4)c(=O)n21. The fourth-order valence-corrected chi connectivity index (χ4v) is 3.74. The number of rotatable bonds is 3. The molecule has 0 bridgehead atoms. The molecule has 0 saturated heterocycles. The topological polar surface area (TPSA) is 79.0 Å². The monoisotopic (exact) mass is 328 g/mol. The Kier molecular flexibility index (Phi) is 3.70. The molecule has 7 heteroatoms. The molecule has 0 saturated carbocycles. The van der Waals surface area contributed by atoms with Gasteiger partial charge in [0.15, 0.2) is 0 Å². The molecule has 1 aliphatic heterocycles. The quantitative estimate of drug-likeness (QED) is 0.786. The number of nitrogens with zero attached hydrogens (tertiary/aromatic N) is 4. The number of methoxy groups -OCH3 is 1. The van der Waals surface area contributed by atoms with E-state index in [2.05, 4.69) is 16.1 Å². The fraction of sp³-hybridized carbons (Fsp3) is 0.529. The number of hydrogen-bond acceptors (Lipinski definition) is 5. The highest BCUT2D eigenvalue weighted by Crippen LogP contribution is 2.24. The maximum absolute atomic E-state index is 12.7. The highest BCUT2D eigenvalue weighted by atomic mass is 16.5. The van der Waals surface area contributed by atoms with Crippen molar-refractivity contribution in [3.63, 3.8) is 0 Å². The molecular formula is C17H20N4O3. The van der Waals surface area contributed by atoms with Gasteiger partial charge in [0, 0.05) is 12.6 Å². The van der Waals surface area contributed by atoms with Crippen molar-refractivity contribution >= 4 is 5.97 Å². The van der Waals surface area contributed by atoms with Gasteiger partial charge in [-0.1, -0.05) is 0 Å². The lowest BCUT2D eigenvalue weighted by atomic mass is 10.1. The van der Waals surface area contributed by atoms with Gasteiger partial charge in [-0.25, -0.2) is 14.3 Å². The van der Waals surface area contributed by atoms with Gasteiger partial charge in [-0.2, -0.15) is 5.10 Å².